The predicted molar refractivity (Wildman–Crippen MR) is 46.4 cm³/mol. The summed E-state index contributed by atoms with van der Waals surface area (Å²) in [5.41, 5.74) is -0.00292. The van der Waals surface area contributed by atoms with Crippen molar-refractivity contribution in [2.24, 2.45) is 0 Å². The average Bonchev–Trinajstić information content (AvgIpc) is 2.15. The highest BCUT2D eigenvalue weighted by atomic mass is 16.3. The molecule has 5 heteroatoms. The van der Waals surface area contributed by atoms with Crippen molar-refractivity contribution in [3.05, 3.63) is 23.8 Å². The first-order valence-corrected chi connectivity index (χ1v) is 3.84. The fraction of sp³-hybridized carbons (Fsp3) is 0.222. The predicted octanol–water partition coefficient (Wildman–Crippen LogP) is 0.0157. The SMILES string of the molecule is N#CC(O)C(O)c1ccc(O)cc1O. The van der Waals surface area contributed by atoms with Gasteiger partial charge in [-0.15, -0.1) is 0 Å². The lowest BCUT2D eigenvalue weighted by molar-refractivity contribution is 0.0511. The van der Waals surface area contributed by atoms with Crippen molar-refractivity contribution in [1.29, 1.82) is 5.26 Å². The maximum atomic E-state index is 9.35. The number of hydrogen-bond acceptors (Lipinski definition) is 5. The summed E-state index contributed by atoms with van der Waals surface area (Å²) in [6.45, 7) is 0. The van der Waals surface area contributed by atoms with Crippen LogP contribution in [0.25, 0.3) is 0 Å². The number of nitrogens with zero attached hydrogens (tertiary/aromatic N) is 1. The number of nitriles is 1. The lowest BCUT2D eigenvalue weighted by Crippen LogP contribution is -2.15. The van der Waals surface area contributed by atoms with Gasteiger partial charge < -0.3 is 20.4 Å². The standard InChI is InChI=1S/C9H9NO4/c10-4-8(13)9(14)6-2-1-5(11)3-7(6)12/h1-3,8-9,11-14H. The smallest absolute Gasteiger partial charge is 0.170 e. The van der Waals surface area contributed by atoms with Crippen LogP contribution in [0.2, 0.25) is 0 Å². The fourth-order valence-electron chi connectivity index (χ4n) is 1.02. The molecule has 0 bridgehead atoms. The second kappa shape index (κ2) is 3.96. The second-order valence-electron chi connectivity index (χ2n) is 2.76. The highest BCUT2D eigenvalue weighted by molar-refractivity contribution is 5.40. The number of aliphatic hydroxyl groups excluding tert-OH is 2. The molecule has 0 radical (unpaired) electrons. The van der Waals surface area contributed by atoms with E-state index in [1.165, 1.54) is 18.2 Å². The molecule has 0 aliphatic carbocycles. The van der Waals surface area contributed by atoms with Gasteiger partial charge >= 0.3 is 0 Å². The first-order valence-electron chi connectivity index (χ1n) is 3.84. The van der Waals surface area contributed by atoms with Gasteiger partial charge in [0.15, 0.2) is 6.10 Å². The molecule has 4 N–H and O–H groups in total. The van der Waals surface area contributed by atoms with Crippen LogP contribution in [-0.4, -0.2) is 26.5 Å². The Labute approximate surface area is 80.1 Å². The summed E-state index contributed by atoms with van der Waals surface area (Å²) >= 11 is 0. The summed E-state index contributed by atoms with van der Waals surface area (Å²) < 4.78 is 0. The Kier molecular flexibility index (Phi) is 2.92. The van der Waals surface area contributed by atoms with Crippen LogP contribution < -0.4 is 0 Å². The summed E-state index contributed by atoms with van der Waals surface area (Å²) in [5, 5.41) is 44.9. The van der Waals surface area contributed by atoms with Crippen LogP contribution in [0.1, 0.15) is 11.7 Å². The van der Waals surface area contributed by atoms with Crippen LogP contribution in [-0.2, 0) is 0 Å². The van der Waals surface area contributed by atoms with E-state index in [0.29, 0.717) is 0 Å². The van der Waals surface area contributed by atoms with E-state index in [4.69, 9.17) is 15.5 Å². The monoisotopic (exact) mass is 195 g/mol. The van der Waals surface area contributed by atoms with Crippen molar-refractivity contribution in [2.75, 3.05) is 0 Å². The zero-order valence-electron chi connectivity index (χ0n) is 7.12. The van der Waals surface area contributed by atoms with Crippen molar-refractivity contribution >= 4 is 0 Å². The fourth-order valence-corrected chi connectivity index (χ4v) is 1.02. The molecule has 0 spiro atoms. The lowest BCUT2D eigenvalue weighted by atomic mass is 10.0. The molecule has 0 saturated carbocycles. The van der Waals surface area contributed by atoms with Crippen molar-refractivity contribution in [3.8, 4) is 17.6 Å². The number of phenols is 2. The molecule has 74 valence electrons. The van der Waals surface area contributed by atoms with Gasteiger partial charge in [-0.3, -0.25) is 0 Å². The van der Waals surface area contributed by atoms with Gasteiger partial charge in [0.05, 0.1) is 6.07 Å². The summed E-state index contributed by atoms with van der Waals surface area (Å²) in [6.07, 6.45) is -3.09. The van der Waals surface area contributed by atoms with Gasteiger partial charge in [0.1, 0.15) is 17.6 Å². The molecule has 1 rings (SSSR count). The molecule has 0 aromatic heterocycles. The molecule has 2 unspecified atom stereocenters. The molecule has 0 aliphatic rings. The summed E-state index contributed by atoms with van der Waals surface area (Å²) in [7, 11) is 0. The van der Waals surface area contributed by atoms with Crippen LogP contribution in [0.15, 0.2) is 18.2 Å². The molecule has 1 aromatic rings. The van der Waals surface area contributed by atoms with E-state index in [9.17, 15) is 10.2 Å². The minimum Gasteiger partial charge on any atom is -0.508 e. The molecule has 14 heavy (non-hydrogen) atoms. The molecule has 0 amide bonds. The molecule has 5 nitrogen and oxygen atoms in total. The van der Waals surface area contributed by atoms with Crippen LogP contribution in [0.4, 0.5) is 0 Å². The van der Waals surface area contributed by atoms with Crippen LogP contribution in [0.5, 0.6) is 11.5 Å². The van der Waals surface area contributed by atoms with E-state index < -0.39 is 12.2 Å². The van der Waals surface area contributed by atoms with Gasteiger partial charge in [0.25, 0.3) is 0 Å². The normalized spacial score (nSPS) is 14.4. The van der Waals surface area contributed by atoms with Gasteiger partial charge in [-0.05, 0) is 12.1 Å². The van der Waals surface area contributed by atoms with E-state index in [-0.39, 0.29) is 17.1 Å². The highest BCUT2D eigenvalue weighted by Crippen LogP contribution is 2.29. The number of aromatic hydroxyl groups is 2. The van der Waals surface area contributed by atoms with Crippen molar-refractivity contribution in [3.63, 3.8) is 0 Å². The van der Waals surface area contributed by atoms with Gasteiger partial charge in [-0.2, -0.15) is 5.26 Å². The minimum absolute atomic E-state index is 0.00292. The zero-order valence-corrected chi connectivity index (χ0v) is 7.12. The Morgan fingerprint density at radius 1 is 1.21 bits per heavy atom. The molecular weight excluding hydrogens is 186 g/mol. The quantitative estimate of drug-likeness (QED) is 0.498. The maximum Gasteiger partial charge on any atom is 0.170 e. The molecule has 0 aliphatic heterocycles. The van der Waals surface area contributed by atoms with Crippen molar-refractivity contribution in [1.82, 2.24) is 0 Å². The van der Waals surface area contributed by atoms with E-state index in [0.717, 1.165) is 6.07 Å². The van der Waals surface area contributed by atoms with Gasteiger partial charge in [0, 0.05) is 11.6 Å². The summed E-state index contributed by atoms with van der Waals surface area (Å²) in [6, 6.07) is 4.92. The van der Waals surface area contributed by atoms with Gasteiger partial charge in [-0.25, -0.2) is 0 Å². The molecular formula is C9H9NO4. The van der Waals surface area contributed by atoms with Crippen LogP contribution >= 0.6 is 0 Å². The Balaban J connectivity index is 3.03. The zero-order chi connectivity index (χ0) is 10.7. The Hall–Kier alpha value is -1.77. The second-order valence-corrected chi connectivity index (χ2v) is 2.76. The minimum atomic E-state index is -1.61. The number of benzene rings is 1. The average molecular weight is 195 g/mol. The molecule has 2 atom stereocenters. The third-order valence-corrected chi connectivity index (χ3v) is 1.76. The first-order chi connectivity index (χ1) is 6.56. The Morgan fingerprint density at radius 3 is 2.36 bits per heavy atom. The van der Waals surface area contributed by atoms with E-state index >= 15 is 0 Å². The van der Waals surface area contributed by atoms with E-state index in [2.05, 4.69) is 0 Å². The third-order valence-electron chi connectivity index (χ3n) is 1.76. The van der Waals surface area contributed by atoms with Crippen molar-refractivity contribution < 1.29 is 20.4 Å². The number of hydrogen-bond donors (Lipinski definition) is 4. The van der Waals surface area contributed by atoms with Gasteiger partial charge in [0.2, 0.25) is 0 Å². The molecule has 0 fully saturated rings. The topological polar surface area (TPSA) is 105 Å². The first kappa shape index (κ1) is 10.3. The van der Waals surface area contributed by atoms with Crippen molar-refractivity contribution in [2.45, 2.75) is 12.2 Å². The molecule has 1 aromatic carbocycles. The largest absolute Gasteiger partial charge is 0.508 e. The van der Waals surface area contributed by atoms with Crippen LogP contribution in [0, 0.1) is 11.3 Å². The molecule has 0 heterocycles. The lowest BCUT2D eigenvalue weighted by Gasteiger charge is -2.13. The summed E-state index contributed by atoms with van der Waals surface area (Å²) in [4.78, 5) is 0. The van der Waals surface area contributed by atoms with Gasteiger partial charge in [-0.1, -0.05) is 0 Å². The summed E-state index contributed by atoms with van der Waals surface area (Å²) in [5.74, 6) is -0.531. The Morgan fingerprint density at radius 2 is 1.86 bits per heavy atom. The Bertz CT molecular complexity index is 372. The van der Waals surface area contributed by atoms with Crippen LogP contribution in [0.3, 0.4) is 0 Å². The number of aliphatic hydroxyl groups is 2. The highest BCUT2D eigenvalue weighted by Gasteiger charge is 2.20. The van der Waals surface area contributed by atoms with E-state index in [1.54, 1.807) is 0 Å². The number of rotatable bonds is 2. The third kappa shape index (κ3) is 1.93. The molecule has 0 saturated heterocycles. The number of phenolic OH excluding ortho intramolecular Hbond substituents is 2. The maximum absolute atomic E-state index is 9.35. The van der Waals surface area contributed by atoms with E-state index in [1.807, 2.05) is 0 Å².